The fourth-order valence-electron chi connectivity index (χ4n) is 2.68. The number of hydrogen-bond donors (Lipinski definition) is 3. The van der Waals surface area contributed by atoms with Crippen LogP contribution >= 0.6 is 0 Å². The summed E-state index contributed by atoms with van der Waals surface area (Å²) in [6, 6.07) is 7.64. The van der Waals surface area contributed by atoms with Crippen LogP contribution in [0.25, 0.3) is 33.2 Å². The monoisotopic (exact) mass is 349 g/mol. The van der Waals surface area contributed by atoms with Crippen LogP contribution in [0.15, 0.2) is 36.7 Å². The highest BCUT2D eigenvalue weighted by Crippen LogP contribution is 2.35. The molecular weight excluding hydrogens is 330 g/mol. The van der Waals surface area contributed by atoms with Gasteiger partial charge in [0.05, 0.1) is 7.11 Å². The smallest absolute Gasteiger partial charge is 0.223 e. The number of aromatic amines is 2. The van der Waals surface area contributed by atoms with Crippen molar-refractivity contribution in [3.63, 3.8) is 0 Å². The number of carbonyl (C=O) groups is 1. The fraction of sp³-hybridized carbons (Fsp3) is 0.211. The number of amides is 1. The number of ether oxygens (including phenoxy) is 1. The van der Waals surface area contributed by atoms with Crippen molar-refractivity contribution in [1.82, 2.24) is 19.9 Å². The van der Waals surface area contributed by atoms with E-state index >= 15 is 0 Å². The van der Waals surface area contributed by atoms with Crippen molar-refractivity contribution in [2.75, 3.05) is 12.4 Å². The number of fused-ring (bicyclic) bond motifs is 2. The third-order valence-corrected chi connectivity index (χ3v) is 4.08. The van der Waals surface area contributed by atoms with Gasteiger partial charge in [-0.25, -0.2) is 4.98 Å². The van der Waals surface area contributed by atoms with E-state index in [0.29, 0.717) is 23.8 Å². The average molecular weight is 349 g/mol. The maximum atomic E-state index is 10.5. The second-order valence-electron chi connectivity index (χ2n) is 6.08. The van der Waals surface area contributed by atoms with Crippen LogP contribution in [0.2, 0.25) is 0 Å². The van der Waals surface area contributed by atoms with Gasteiger partial charge in [0, 0.05) is 34.3 Å². The highest BCUT2D eigenvalue weighted by atomic mass is 16.5. The number of carbonyl (C=O) groups excluding carboxylic acids is 1. The third-order valence-electron chi connectivity index (χ3n) is 4.08. The Hall–Kier alpha value is -3.35. The summed E-state index contributed by atoms with van der Waals surface area (Å²) in [5.74, 6) is 1.03. The predicted molar refractivity (Wildman–Crippen MR) is 101 cm³/mol. The molecule has 7 heteroatoms. The highest BCUT2D eigenvalue weighted by Gasteiger charge is 2.15. The molecule has 0 spiro atoms. The second kappa shape index (κ2) is 6.87. The Morgan fingerprint density at radius 3 is 2.65 bits per heavy atom. The Morgan fingerprint density at radius 2 is 1.92 bits per heavy atom. The molecule has 5 rings (SSSR count). The minimum absolute atomic E-state index is 0.493. The van der Waals surface area contributed by atoms with E-state index in [0.717, 1.165) is 27.5 Å². The summed E-state index contributed by atoms with van der Waals surface area (Å²) in [5.41, 5.74) is 3.28. The lowest BCUT2D eigenvalue weighted by Crippen LogP contribution is -1.96. The Morgan fingerprint density at radius 1 is 1.08 bits per heavy atom. The zero-order valence-corrected chi connectivity index (χ0v) is 14.4. The molecular formula is C19H19N5O2. The number of aromatic nitrogens is 4. The van der Waals surface area contributed by atoms with Gasteiger partial charge >= 0.3 is 0 Å². The van der Waals surface area contributed by atoms with Crippen molar-refractivity contribution in [2.24, 2.45) is 0 Å². The van der Waals surface area contributed by atoms with Gasteiger partial charge in [-0.3, -0.25) is 4.79 Å². The summed E-state index contributed by atoms with van der Waals surface area (Å²) in [6.45, 7) is 0. The molecule has 3 N–H and O–H groups in total. The van der Waals surface area contributed by atoms with E-state index in [1.54, 1.807) is 13.2 Å². The molecule has 1 amide bonds. The van der Waals surface area contributed by atoms with Gasteiger partial charge in [0.1, 0.15) is 17.1 Å². The highest BCUT2D eigenvalue weighted by molar-refractivity contribution is 5.98. The third kappa shape index (κ3) is 3.11. The van der Waals surface area contributed by atoms with Crippen molar-refractivity contribution in [3.05, 3.63) is 36.7 Å². The van der Waals surface area contributed by atoms with E-state index in [1.165, 1.54) is 19.3 Å². The number of rotatable bonds is 4. The molecule has 4 aromatic heterocycles. The van der Waals surface area contributed by atoms with Crippen molar-refractivity contribution in [3.8, 4) is 17.0 Å². The first-order chi connectivity index (χ1) is 12.8. The number of pyridine rings is 2. The van der Waals surface area contributed by atoms with Crippen molar-refractivity contribution in [1.29, 1.82) is 0 Å². The maximum absolute atomic E-state index is 10.5. The molecule has 0 bridgehead atoms. The van der Waals surface area contributed by atoms with E-state index in [4.69, 9.17) is 4.74 Å². The molecule has 1 fully saturated rings. The van der Waals surface area contributed by atoms with Crippen LogP contribution < -0.4 is 10.1 Å². The minimum Gasteiger partial charge on any atom is -0.480 e. The van der Waals surface area contributed by atoms with Crippen LogP contribution in [-0.4, -0.2) is 33.5 Å². The lowest BCUT2D eigenvalue weighted by atomic mass is 10.1. The summed E-state index contributed by atoms with van der Waals surface area (Å²) < 4.78 is 5.43. The van der Waals surface area contributed by atoms with Gasteiger partial charge < -0.3 is 20.0 Å². The van der Waals surface area contributed by atoms with E-state index < -0.39 is 0 Å². The molecule has 0 saturated heterocycles. The summed E-state index contributed by atoms with van der Waals surface area (Å²) in [6.07, 6.45) is 8.81. The zero-order chi connectivity index (χ0) is 17.9. The summed E-state index contributed by atoms with van der Waals surface area (Å²) in [5, 5.41) is 4.47. The van der Waals surface area contributed by atoms with Crippen LogP contribution in [0, 0.1) is 0 Å². The molecule has 0 unspecified atom stereocenters. The van der Waals surface area contributed by atoms with Crippen LogP contribution in [0.1, 0.15) is 19.3 Å². The molecule has 1 aliphatic rings. The first kappa shape index (κ1) is 16.1. The Kier molecular flexibility index (Phi) is 4.27. The summed E-state index contributed by atoms with van der Waals surface area (Å²) in [7, 11) is 1.60. The van der Waals surface area contributed by atoms with Crippen LogP contribution in [0.5, 0.6) is 5.88 Å². The summed E-state index contributed by atoms with van der Waals surface area (Å²) >= 11 is 0. The number of nitrogens with one attached hydrogen (secondary N) is 3. The number of methoxy groups -OCH3 is 1. The zero-order valence-electron chi connectivity index (χ0n) is 14.4. The molecule has 26 heavy (non-hydrogen) atoms. The Balaban J connectivity index is 0.000000510. The second-order valence-corrected chi connectivity index (χ2v) is 6.08. The topological polar surface area (TPSA) is 95.7 Å². The van der Waals surface area contributed by atoms with Gasteiger partial charge in [-0.1, -0.05) is 19.3 Å². The van der Waals surface area contributed by atoms with Gasteiger partial charge in [-0.15, -0.1) is 0 Å². The number of hydrogen-bond acceptors (Lipinski definition) is 4. The SMILES string of the molecule is C1CC1.COc1nc2[nH]ccc2cc1-c1c[nH]c2nc(NC=O)ccc12. The number of nitrogens with zero attached hydrogens (tertiary/aromatic N) is 2. The molecule has 4 heterocycles. The van der Waals surface area contributed by atoms with Crippen LogP contribution in [0.3, 0.4) is 0 Å². The first-order valence-corrected chi connectivity index (χ1v) is 8.51. The maximum Gasteiger partial charge on any atom is 0.223 e. The molecule has 1 saturated carbocycles. The Labute approximate surface area is 149 Å². The summed E-state index contributed by atoms with van der Waals surface area (Å²) in [4.78, 5) is 25.6. The van der Waals surface area contributed by atoms with E-state index in [-0.39, 0.29) is 0 Å². The molecule has 0 atom stereocenters. The molecule has 7 nitrogen and oxygen atoms in total. The molecule has 0 aromatic carbocycles. The van der Waals surface area contributed by atoms with Gasteiger partial charge in [0.15, 0.2) is 0 Å². The lowest BCUT2D eigenvalue weighted by molar-refractivity contribution is -0.105. The quantitative estimate of drug-likeness (QED) is 0.488. The van der Waals surface area contributed by atoms with Gasteiger partial charge in [0.2, 0.25) is 12.3 Å². The van der Waals surface area contributed by atoms with E-state index in [9.17, 15) is 4.79 Å². The molecule has 4 aromatic rings. The molecule has 1 aliphatic carbocycles. The largest absolute Gasteiger partial charge is 0.480 e. The lowest BCUT2D eigenvalue weighted by Gasteiger charge is -2.07. The fourth-order valence-corrected chi connectivity index (χ4v) is 2.68. The number of anilines is 1. The molecule has 0 radical (unpaired) electrons. The van der Waals surface area contributed by atoms with Gasteiger partial charge in [-0.05, 0) is 24.3 Å². The minimum atomic E-state index is 0.493. The number of H-pyrrole nitrogens is 2. The van der Waals surface area contributed by atoms with Gasteiger partial charge in [-0.2, -0.15) is 4.98 Å². The van der Waals surface area contributed by atoms with Crippen LogP contribution in [0.4, 0.5) is 5.82 Å². The standard InChI is InChI=1S/C16H13N5O2.C3H6/c1-23-16-11(6-9-4-5-17-14(9)21-16)12-7-18-15-10(12)2-3-13(20-15)19-8-22;1-2-3-1/h2-8H,1H3,(H,17,21)(H2,18,19,20,22);1-3H2. The van der Waals surface area contributed by atoms with E-state index in [1.807, 2.05) is 30.6 Å². The normalized spacial score (nSPS) is 12.5. The van der Waals surface area contributed by atoms with Crippen molar-refractivity contribution < 1.29 is 9.53 Å². The average Bonchev–Trinajstić information content (AvgIpc) is 3.38. The van der Waals surface area contributed by atoms with Crippen LogP contribution in [-0.2, 0) is 4.79 Å². The first-order valence-electron chi connectivity index (χ1n) is 8.51. The molecule has 0 aliphatic heterocycles. The predicted octanol–water partition coefficient (Wildman–Crippen LogP) is 3.85. The van der Waals surface area contributed by atoms with Crippen molar-refractivity contribution >= 4 is 34.3 Å². The Bertz CT molecular complexity index is 1060. The molecule has 132 valence electrons. The van der Waals surface area contributed by atoms with Crippen molar-refractivity contribution in [2.45, 2.75) is 19.3 Å². The van der Waals surface area contributed by atoms with Gasteiger partial charge in [0.25, 0.3) is 0 Å². The van der Waals surface area contributed by atoms with E-state index in [2.05, 4.69) is 25.3 Å².